The molecular formula is C9H17N3OS. The van der Waals surface area contributed by atoms with Crippen molar-refractivity contribution in [1.29, 1.82) is 0 Å². The van der Waals surface area contributed by atoms with Crippen LogP contribution in [0.3, 0.4) is 0 Å². The summed E-state index contributed by atoms with van der Waals surface area (Å²) in [4.78, 5) is 5.26. The lowest BCUT2D eigenvalue weighted by Crippen LogP contribution is -2.27. The maximum Gasteiger partial charge on any atom is 0.0794 e. The summed E-state index contributed by atoms with van der Waals surface area (Å²) < 4.78 is 5.16. The van der Waals surface area contributed by atoms with Gasteiger partial charge in [0.25, 0.3) is 0 Å². The smallest absolute Gasteiger partial charge is 0.0794 e. The molecule has 0 saturated carbocycles. The first-order chi connectivity index (χ1) is 6.86. The fraction of sp³-hybridized carbons (Fsp3) is 0.667. The molecule has 3 N–H and O–H groups in total. The summed E-state index contributed by atoms with van der Waals surface area (Å²) in [6, 6.07) is 0. The van der Waals surface area contributed by atoms with Gasteiger partial charge in [0.05, 0.1) is 11.6 Å². The second-order valence-electron chi connectivity index (χ2n) is 3.03. The van der Waals surface area contributed by atoms with Gasteiger partial charge >= 0.3 is 0 Å². The summed E-state index contributed by atoms with van der Waals surface area (Å²) in [7, 11) is 1.70. The van der Waals surface area contributed by atoms with Crippen LogP contribution >= 0.6 is 11.3 Å². The van der Waals surface area contributed by atoms with E-state index in [1.165, 1.54) is 4.88 Å². The van der Waals surface area contributed by atoms with Gasteiger partial charge in [0, 0.05) is 31.3 Å². The Morgan fingerprint density at radius 3 is 3.14 bits per heavy atom. The fourth-order valence-electron chi connectivity index (χ4n) is 1.14. The van der Waals surface area contributed by atoms with Crippen LogP contribution in [-0.2, 0) is 11.3 Å². The van der Waals surface area contributed by atoms with E-state index in [9.17, 15) is 0 Å². The number of hydrogen-bond acceptors (Lipinski definition) is 5. The SMILES string of the molecule is COC(CN)CCNCc1cncs1. The second-order valence-corrected chi connectivity index (χ2v) is 4.00. The van der Waals surface area contributed by atoms with E-state index in [1.54, 1.807) is 18.4 Å². The monoisotopic (exact) mass is 215 g/mol. The maximum absolute atomic E-state index is 5.50. The lowest BCUT2D eigenvalue weighted by Gasteiger charge is -2.12. The third-order valence-electron chi connectivity index (χ3n) is 2.02. The Bertz CT molecular complexity index is 224. The lowest BCUT2D eigenvalue weighted by molar-refractivity contribution is 0.102. The van der Waals surface area contributed by atoms with Gasteiger partial charge in [0.2, 0.25) is 0 Å². The van der Waals surface area contributed by atoms with Crippen molar-refractivity contribution >= 4 is 11.3 Å². The first-order valence-corrected chi connectivity index (χ1v) is 5.55. The number of thiazole rings is 1. The largest absolute Gasteiger partial charge is 0.380 e. The summed E-state index contributed by atoms with van der Waals surface area (Å²) in [5.74, 6) is 0. The van der Waals surface area contributed by atoms with Gasteiger partial charge in [-0.2, -0.15) is 0 Å². The van der Waals surface area contributed by atoms with E-state index < -0.39 is 0 Å². The Hall–Kier alpha value is -0.490. The van der Waals surface area contributed by atoms with Gasteiger partial charge in [0.15, 0.2) is 0 Å². The first kappa shape index (κ1) is 11.6. The van der Waals surface area contributed by atoms with Gasteiger partial charge in [0.1, 0.15) is 0 Å². The number of aromatic nitrogens is 1. The molecule has 1 rings (SSSR count). The second kappa shape index (κ2) is 6.89. The van der Waals surface area contributed by atoms with Gasteiger partial charge in [-0.3, -0.25) is 4.98 Å². The minimum atomic E-state index is 0.170. The molecule has 0 aliphatic carbocycles. The molecule has 0 amide bonds. The van der Waals surface area contributed by atoms with E-state index in [0.29, 0.717) is 6.54 Å². The zero-order valence-electron chi connectivity index (χ0n) is 8.40. The van der Waals surface area contributed by atoms with Crippen molar-refractivity contribution in [1.82, 2.24) is 10.3 Å². The van der Waals surface area contributed by atoms with Gasteiger partial charge in [-0.1, -0.05) is 0 Å². The third kappa shape index (κ3) is 4.15. The molecule has 1 aromatic rings. The van der Waals surface area contributed by atoms with Crippen molar-refractivity contribution in [2.45, 2.75) is 19.1 Å². The molecule has 0 aliphatic rings. The van der Waals surface area contributed by atoms with Crippen LogP contribution in [0.4, 0.5) is 0 Å². The number of ether oxygens (including phenoxy) is 1. The molecule has 0 radical (unpaired) electrons. The third-order valence-corrected chi connectivity index (χ3v) is 2.80. The molecule has 0 aliphatic heterocycles. The van der Waals surface area contributed by atoms with Crippen molar-refractivity contribution in [2.75, 3.05) is 20.2 Å². The molecule has 80 valence electrons. The van der Waals surface area contributed by atoms with Crippen molar-refractivity contribution in [3.8, 4) is 0 Å². The molecule has 4 nitrogen and oxygen atoms in total. The van der Waals surface area contributed by atoms with Gasteiger partial charge < -0.3 is 15.8 Å². The average molecular weight is 215 g/mol. The van der Waals surface area contributed by atoms with Crippen molar-refractivity contribution in [3.05, 3.63) is 16.6 Å². The molecule has 0 bridgehead atoms. The van der Waals surface area contributed by atoms with Crippen LogP contribution in [0, 0.1) is 0 Å². The number of hydrogen-bond donors (Lipinski definition) is 2. The molecule has 0 spiro atoms. The standard InChI is InChI=1S/C9H17N3OS/c1-13-8(4-10)2-3-11-5-9-6-12-7-14-9/h6-8,11H,2-5,10H2,1H3. The summed E-state index contributed by atoms with van der Waals surface area (Å²) in [5, 5.41) is 3.32. The fourth-order valence-corrected chi connectivity index (χ4v) is 1.70. The normalized spacial score (nSPS) is 13.0. The highest BCUT2D eigenvalue weighted by molar-refractivity contribution is 7.09. The zero-order valence-corrected chi connectivity index (χ0v) is 9.22. The number of nitrogens with one attached hydrogen (secondary N) is 1. The van der Waals surface area contributed by atoms with Crippen LogP contribution in [0.15, 0.2) is 11.7 Å². The van der Waals surface area contributed by atoms with Crippen LogP contribution in [0.25, 0.3) is 0 Å². The summed E-state index contributed by atoms with van der Waals surface area (Å²) >= 11 is 1.66. The Morgan fingerprint density at radius 2 is 2.57 bits per heavy atom. The van der Waals surface area contributed by atoms with Gasteiger partial charge in [-0.15, -0.1) is 11.3 Å². The molecule has 0 fully saturated rings. The number of nitrogens with zero attached hydrogens (tertiary/aromatic N) is 1. The minimum Gasteiger partial charge on any atom is -0.380 e. The van der Waals surface area contributed by atoms with Crippen LogP contribution in [0.2, 0.25) is 0 Å². The Kier molecular flexibility index (Phi) is 5.70. The zero-order chi connectivity index (χ0) is 10.2. The van der Waals surface area contributed by atoms with Crippen molar-refractivity contribution < 1.29 is 4.74 Å². The molecular weight excluding hydrogens is 198 g/mol. The summed E-state index contributed by atoms with van der Waals surface area (Å²) in [6.45, 7) is 2.39. The van der Waals surface area contributed by atoms with Crippen LogP contribution in [0.1, 0.15) is 11.3 Å². The lowest BCUT2D eigenvalue weighted by atomic mass is 10.2. The highest BCUT2D eigenvalue weighted by Gasteiger charge is 2.03. The van der Waals surface area contributed by atoms with E-state index in [4.69, 9.17) is 10.5 Å². The van der Waals surface area contributed by atoms with Gasteiger partial charge in [-0.05, 0) is 13.0 Å². The molecule has 0 saturated heterocycles. The predicted octanol–water partition coefficient (Wildman–Crippen LogP) is 0.596. The minimum absolute atomic E-state index is 0.170. The predicted molar refractivity (Wildman–Crippen MR) is 58.3 cm³/mol. The van der Waals surface area contributed by atoms with Crippen LogP contribution < -0.4 is 11.1 Å². The Balaban J connectivity index is 2.04. The number of methoxy groups -OCH3 is 1. The van der Waals surface area contributed by atoms with E-state index in [2.05, 4.69) is 10.3 Å². The van der Waals surface area contributed by atoms with E-state index >= 15 is 0 Å². The molecule has 1 atom stereocenters. The molecule has 14 heavy (non-hydrogen) atoms. The number of nitrogens with two attached hydrogens (primary N) is 1. The van der Waals surface area contributed by atoms with Crippen molar-refractivity contribution in [2.24, 2.45) is 5.73 Å². The topological polar surface area (TPSA) is 60.2 Å². The van der Waals surface area contributed by atoms with E-state index in [0.717, 1.165) is 19.5 Å². The molecule has 1 heterocycles. The first-order valence-electron chi connectivity index (χ1n) is 4.67. The molecule has 0 aromatic carbocycles. The highest BCUT2D eigenvalue weighted by Crippen LogP contribution is 2.04. The Morgan fingerprint density at radius 1 is 1.71 bits per heavy atom. The van der Waals surface area contributed by atoms with E-state index in [1.807, 2.05) is 11.7 Å². The highest BCUT2D eigenvalue weighted by atomic mass is 32.1. The summed E-state index contributed by atoms with van der Waals surface area (Å²) in [5.41, 5.74) is 7.34. The maximum atomic E-state index is 5.50. The molecule has 5 heteroatoms. The average Bonchev–Trinajstić information content (AvgIpc) is 2.71. The summed E-state index contributed by atoms with van der Waals surface area (Å²) in [6.07, 6.45) is 3.00. The number of rotatable bonds is 7. The molecule has 1 aromatic heterocycles. The van der Waals surface area contributed by atoms with Crippen LogP contribution in [-0.4, -0.2) is 31.3 Å². The Labute approximate surface area is 88.5 Å². The van der Waals surface area contributed by atoms with Crippen molar-refractivity contribution in [3.63, 3.8) is 0 Å². The van der Waals surface area contributed by atoms with E-state index in [-0.39, 0.29) is 6.10 Å². The molecule has 1 unspecified atom stereocenters. The van der Waals surface area contributed by atoms with Gasteiger partial charge in [-0.25, -0.2) is 0 Å². The van der Waals surface area contributed by atoms with Crippen LogP contribution in [0.5, 0.6) is 0 Å². The quantitative estimate of drug-likeness (QED) is 0.654.